The standard InChI is InChI=1S/C9H18BNO2/c1-7(6-11-10)5-9(2,3)8(12)13-4/h7,11H,5-6H2,1-4H3. The number of methoxy groups -OCH3 is 1. The van der Waals surface area contributed by atoms with Crippen LogP contribution in [0.15, 0.2) is 0 Å². The van der Waals surface area contributed by atoms with Crippen LogP contribution in [0.1, 0.15) is 27.2 Å². The minimum atomic E-state index is -0.426. The van der Waals surface area contributed by atoms with E-state index in [2.05, 4.69) is 5.23 Å². The fraction of sp³-hybridized carbons (Fsp3) is 0.889. The Bertz CT molecular complexity index is 171. The van der Waals surface area contributed by atoms with Gasteiger partial charge in [-0.1, -0.05) is 6.92 Å². The molecular formula is C9H18BNO2. The summed E-state index contributed by atoms with van der Waals surface area (Å²) in [4.78, 5) is 11.3. The highest BCUT2D eigenvalue weighted by atomic mass is 16.5. The van der Waals surface area contributed by atoms with Crippen LogP contribution in [-0.2, 0) is 9.53 Å². The van der Waals surface area contributed by atoms with Gasteiger partial charge in [0.2, 0.25) is 0 Å². The first-order valence-electron chi connectivity index (χ1n) is 4.46. The third-order valence-corrected chi connectivity index (χ3v) is 2.06. The van der Waals surface area contributed by atoms with Gasteiger partial charge in [0.25, 0.3) is 0 Å². The summed E-state index contributed by atoms with van der Waals surface area (Å²) in [5, 5.41) is 2.59. The Morgan fingerprint density at radius 2 is 2.15 bits per heavy atom. The van der Waals surface area contributed by atoms with Crippen molar-refractivity contribution in [2.75, 3.05) is 13.7 Å². The quantitative estimate of drug-likeness (QED) is 0.508. The molecule has 0 aromatic rings. The van der Waals surface area contributed by atoms with E-state index in [1.54, 1.807) is 0 Å². The SMILES string of the molecule is [B]NCC(C)CC(C)(C)C(=O)OC. The van der Waals surface area contributed by atoms with Crippen molar-refractivity contribution < 1.29 is 9.53 Å². The van der Waals surface area contributed by atoms with Crippen molar-refractivity contribution in [3.05, 3.63) is 0 Å². The second-order valence-electron chi connectivity index (χ2n) is 4.09. The summed E-state index contributed by atoms with van der Waals surface area (Å²) in [6.45, 7) is 6.52. The van der Waals surface area contributed by atoms with Gasteiger partial charge in [0, 0.05) is 0 Å². The molecule has 1 unspecified atom stereocenters. The van der Waals surface area contributed by atoms with Crippen LogP contribution in [0.25, 0.3) is 0 Å². The second-order valence-corrected chi connectivity index (χ2v) is 4.09. The number of ether oxygens (including phenoxy) is 1. The first kappa shape index (κ1) is 12.5. The zero-order chi connectivity index (χ0) is 10.5. The maximum Gasteiger partial charge on any atom is 0.311 e. The molecule has 0 bridgehead atoms. The van der Waals surface area contributed by atoms with Crippen LogP contribution in [-0.4, -0.2) is 27.6 Å². The summed E-state index contributed by atoms with van der Waals surface area (Å²) in [5.41, 5.74) is -0.426. The third kappa shape index (κ3) is 4.32. The molecule has 0 aromatic carbocycles. The van der Waals surface area contributed by atoms with Gasteiger partial charge in [-0.2, -0.15) is 0 Å². The number of carbonyl (C=O) groups is 1. The average Bonchev–Trinajstić information content (AvgIpc) is 2.02. The number of hydrogen-bond donors (Lipinski definition) is 1. The molecule has 0 saturated carbocycles. The molecule has 74 valence electrons. The Labute approximate surface area is 81.7 Å². The largest absolute Gasteiger partial charge is 0.469 e. The molecule has 0 heterocycles. The van der Waals surface area contributed by atoms with Crippen molar-refractivity contribution in [1.82, 2.24) is 5.23 Å². The summed E-state index contributed by atoms with van der Waals surface area (Å²) >= 11 is 0. The van der Waals surface area contributed by atoms with Gasteiger partial charge in [-0.05, 0) is 32.7 Å². The lowest BCUT2D eigenvalue weighted by Crippen LogP contribution is -2.30. The number of rotatable bonds is 5. The van der Waals surface area contributed by atoms with Crippen LogP contribution in [0.2, 0.25) is 0 Å². The summed E-state index contributed by atoms with van der Waals surface area (Å²) in [6, 6.07) is 0. The highest BCUT2D eigenvalue weighted by molar-refractivity contribution is 6.04. The maximum atomic E-state index is 11.3. The van der Waals surface area contributed by atoms with Crippen LogP contribution in [0, 0.1) is 11.3 Å². The van der Waals surface area contributed by atoms with Crippen LogP contribution >= 0.6 is 0 Å². The van der Waals surface area contributed by atoms with E-state index >= 15 is 0 Å². The molecule has 0 aliphatic rings. The van der Waals surface area contributed by atoms with Crippen molar-refractivity contribution in [1.29, 1.82) is 0 Å². The van der Waals surface area contributed by atoms with Crippen molar-refractivity contribution in [3.63, 3.8) is 0 Å². The molecule has 0 rings (SSSR count). The van der Waals surface area contributed by atoms with E-state index in [0.717, 1.165) is 6.42 Å². The molecule has 1 N–H and O–H groups in total. The predicted octanol–water partition coefficient (Wildman–Crippen LogP) is 0.885. The molecule has 0 aliphatic heterocycles. The molecule has 4 heteroatoms. The Morgan fingerprint density at radius 1 is 1.62 bits per heavy atom. The van der Waals surface area contributed by atoms with Crippen LogP contribution in [0.4, 0.5) is 0 Å². The van der Waals surface area contributed by atoms with Gasteiger partial charge in [0.15, 0.2) is 7.98 Å². The van der Waals surface area contributed by atoms with E-state index in [1.165, 1.54) is 7.11 Å². The predicted molar refractivity (Wildman–Crippen MR) is 53.3 cm³/mol. The minimum Gasteiger partial charge on any atom is -0.469 e. The molecule has 0 saturated heterocycles. The summed E-state index contributed by atoms with van der Waals surface area (Å²) in [6.07, 6.45) is 0.768. The first-order valence-corrected chi connectivity index (χ1v) is 4.46. The summed E-state index contributed by atoms with van der Waals surface area (Å²) in [7, 11) is 6.60. The fourth-order valence-corrected chi connectivity index (χ4v) is 1.50. The molecular weight excluding hydrogens is 165 g/mol. The molecule has 13 heavy (non-hydrogen) atoms. The molecule has 0 fully saturated rings. The zero-order valence-corrected chi connectivity index (χ0v) is 8.89. The lowest BCUT2D eigenvalue weighted by Gasteiger charge is -2.25. The topological polar surface area (TPSA) is 38.3 Å². The van der Waals surface area contributed by atoms with E-state index in [0.29, 0.717) is 12.5 Å². The van der Waals surface area contributed by atoms with Gasteiger partial charge in [0.05, 0.1) is 12.5 Å². The lowest BCUT2D eigenvalue weighted by atomic mass is 9.83. The van der Waals surface area contributed by atoms with Gasteiger partial charge < -0.3 is 9.96 Å². The highest BCUT2D eigenvalue weighted by Crippen LogP contribution is 2.26. The lowest BCUT2D eigenvalue weighted by molar-refractivity contribution is -0.151. The molecule has 1 atom stereocenters. The van der Waals surface area contributed by atoms with Crippen molar-refractivity contribution in [2.24, 2.45) is 11.3 Å². The van der Waals surface area contributed by atoms with Crippen molar-refractivity contribution in [3.8, 4) is 0 Å². The Balaban J connectivity index is 4.07. The Hall–Kier alpha value is -0.505. The molecule has 0 aromatic heterocycles. The number of esters is 1. The highest BCUT2D eigenvalue weighted by Gasteiger charge is 2.30. The second kappa shape index (κ2) is 5.27. The number of hydrogen-bond acceptors (Lipinski definition) is 3. The van der Waals surface area contributed by atoms with Crippen LogP contribution < -0.4 is 5.23 Å². The molecule has 0 amide bonds. The number of carbonyl (C=O) groups excluding carboxylic acids is 1. The van der Waals surface area contributed by atoms with E-state index in [-0.39, 0.29) is 5.97 Å². The monoisotopic (exact) mass is 183 g/mol. The minimum absolute atomic E-state index is 0.170. The molecule has 0 spiro atoms. The molecule has 0 aliphatic carbocycles. The average molecular weight is 183 g/mol. The number of nitrogens with one attached hydrogen (secondary N) is 1. The van der Waals surface area contributed by atoms with Crippen LogP contribution in [0.5, 0.6) is 0 Å². The van der Waals surface area contributed by atoms with Gasteiger partial charge in [0.1, 0.15) is 0 Å². The summed E-state index contributed by atoms with van der Waals surface area (Å²) in [5.74, 6) is 0.190. The Morgan fingerprint density at radius 3 is 2.54 bits per heavy atom. The molecule has 3 nitrogen and oxygen atoms in total. The third-order valence-electron chi connectivity index (χ3n) is 2.06. The van der Waals surface area contributed by atoms with Gasteiger partial charge in [-0.15, -0.1) is 0 Å². The normalized spacial score (nSPS) is 13.8. The zero-order valence-electron chi connectivity index (χ0n) is 8.89. The van der Waals surface area contributed by atoms with Gasteiger partial charge in [-0.25, -0.2) is 0 Å². The molecule has 2 radical (unpaired) electrons. The van der Waals surface area contributed by atoms with E-state index in [9.17, 15) is 4.79 Å². The van der Waals surface area contributed by atoms with E-state index in [4.69, 9.17) is 12.7 Å². The fourth-order valence-electron chi connectivity index (χ4n) is 1.50. The van der Waals surface area contributed by atoms with Crippen molar-refractivity contribution in [2.45, 2.75) is 27.2 Å². The Kier molecular flexibility index (Phi) is 5.07. The maximum absolute atomic E-state index is 11.3. The van der Waals surface area contributed by atoms with E-state index < -0.39 is 5.41 Å². The summed E-state index contributed by atoms with van der Waals surface area (Å²) < 4.78 is 4.70. The smallest absolute Gasteiger partial charge is 0.311 e. The first-order chi connectivity index (χ1) is 5.94. The van der Waals surface area contributed by atoms with Gasteiger partial charge in [-0.3, -0.25) is 4.79 Å². The van der Waals surface area contributed by atoms with Crippen molar-refractivity contribution >= 4 is 14.0 Å². The van der Waals surface area contributed by atoms with Crippen LogP contribution in [0.3, 0.4) is 0 Å². The van der Waals surface area contributed by atoms with E-state index in [1.807, 2.05) is 20.8 Å². The van der Waals surface area contributed by atoms with Gasteiger partial charge >= 0.3 is 5.97 Å².